The van der Waals surface area contributed by atoms with E-state index in [0.29, 0.717) is 5.92 Å². The molecule has 1 aliphatic heterocycles. The van der Waals surface area contributed by atoms with E-state index >= 15 is 0 Å². The Morgan fingerprint density at radius 1 is 1.41 bits per heavy atom. The Kier molecular flexibility index (Phi) is 6.37. The van der Waals surface area contributed by atoms with Gasteiger partial charge in [-0.2, -0.15) is 0 Å². The van der Waals surface area contributed by atoms with Crippen molar-refractivity contribution in [3.05, 3.63) is 28.8 Å². The standard InChI is InChI=1S/C17H27ClN4/c1-4-8-20-17(19-3)21-11-14-7-9-22(12-14)16-10-15(18)6-5-13(16)2/h5-6,10,14H,4,7-9,11-12H2,1-3H3,(H2,19,20,21). The summed E-state index contributed by atoms with van der Waals surface area (Å²) in [4.78, 5) is 6.69. The lowest BCUT2D eigenvalue weighted by Crippen LogP contribution is -2.40. The first-order valence-electron chi connectivity index (χ1n) is 8.09. The summed E-state index contributed by atoms with van der Waals surface area (Å²) in [6, 6.07) is 6.13. The molecular weight excluding hydrogens is 296 g/mol. The molecule has 1 saturated heterocycles. The molecule has 1 unspecified atom stereocenters. The average Bonchev–Trinajstić information content (AvgIpc) is 2.98. The normalized spacial score (nSPS) is 18.6. The molecule has 0 amide bonds. The molecule has 2 N–H and O–H groups in total. The van der Waals surface area contributed by atoms with Gasteiger partial charge in [0.25, 0.3) is 0 Å². The molecule has 1 aliphatic rings. The fourth-order valence-corrected chi connectivity index (χ4v) is 3.01. The summed E-state index contributed by atoms with van der Waals surface area (Å²) in [5, 5.41) is 7.55. The van der Waals surface area contributed by atoms with Gasteiger partial charge in [-0.1, -0.05) is 24.6 Å². The van der Waals surface area contributed by atoms with E-state index in [9.17, 15) is 0 Å². The fourth-order valence-electron chi connectivity index (χ4n) is 2.85. The summed E-state index contributed by atoms with van der Waals surface area (Å²) in [7, 11) is 1.82. The topological polar surface area (TPSA) is 39.7 Å². The van der Waals surface area contributed by atoms with Crippen LogP contribution in [0, 0.1) is 12.8 Å². The molecular formula is C17H27ClN4. The van der Waals surface area contributed by atoms with Crippen molar-refractivity contribution in [2.24, 2.45) is 10.9 Å². The van der Waals surface area contributed by atoms with Gasteiger partial charge in [0.2, 0.25) is 0 Å². The molecule has 122 valence electrons. The Labute approximate surface area is 138 Å². The molecule has 0 spiro atoms. The van der Waals surface area contributed by atoms with Crippen LogP contribution in [0.25, 0.3) is 0 Å². The van der Waals surface area contributed by atoms with Crippen LogP contribution in [0.3, 0.4) is 0 Å². The van der Waals surface area contributed by atoms with E-state index in [-0.39, 0.29) is 0 Å². The molecule has 4 nitrogen and oxygen atoms in total. The molecule has 1 heterocycles. The summed E-state index contributed by atoms with van der Waals surface area (Å²) < 4.78 is 0. The van der Waals surface area contributed by atoms with Crippen molar-refractivity contribution in [3.8, 4) is 0 Å². The zero-order valence-corrected chi connectivity index (χ0v) is 14.6. The minimum atomic E-state index is 0.638. The largest absolute Gasteiger partial charge is 0.371 e. The highest BCUT2D eigenvalue weighted by Gasteiger charge is 2.23. The lowest BCUT2D eigenvalue weighted by molar-refractivity contribution is 0.565. The number of aryl methyl sites for hydroxylation is 1. The molecule has 22 heavy (non-hydrogen) atoms. The van der Waals surface area contributed by atoms with Gasteiger partial charge in [-0.05, 0) is 43.4 Å². The first-order valence-corrected chi connectivity index (χ1v) is 8.47. The van der Waals surface area contributed by atoms with Gasteiger partial charge in [0.05, 0.1) is 0 Å². The minimum absolute atomic E-state index is 0.638. The Bertz CT molecular complexity index is 515. The first-order chi connectivity index (χ1) is 10.6. The maximum Gasteiger partial charge on any atom is 0.190 e. The number of hydrogen-bond donors (Lipinski definition) is 2. The van der Waals surface area contributed by atoms with Crippen molar-refractivity contribution >= 4 is 23.2 Å². The SMILES string of the molecule is CCCNC(=NC)NCC1CCN(c2cc(Cl)ccc2C)C1. The van der Waals surface area contributed by atoms with E-state index in [1.807, 2.05) is 13.1 Å². The van der Waals surface area contributed by atoms with Crippen molar-refractivity contribution in [3.63, 3.8) is 0 Å². The third-order valence-corrected chi connectivity index (χ3v) is 4.36. The van der Waals surface area contributed by atoms with Crippen LogP contribution < -0.4 is 15.5 Å². The van der Waals surface area contributed by atoms with E-state index in [1.54, 1.807) is 0 Å². The van der Waals surface area contributed by atoms with Crippen LogP contribution in [0.4, 0.5) is 5.69 Å². The Hall–Kier alpha value is -1.42. The third kappa shape index (κ3) is 4.54. The number of hydrogen-bond acceptors (Lipinski definition) is 2. The lowest BCUT2D eigenvalue weighted by Gasteiger charge is -2.21. The summed E-state index contributed by atoms with van der Waals surface area (Å²) in [5.74, 6) is 1.54. The Balaban J connectivity index is 1.86. The van der Waals surface area contributed by atoms with Gasteiger partial charge in [-0.25, -0.2) is 0 Å². The first kappa shape index (κ1) is 16.9. The second-order valence-corrected chi connectivity index (χ2v) is 6.35. The molecule has 2 rings (SSSR count). The van der Waals surface area contributed by atoms with Crippen LogP contribution >= 0.6 is 11.6 Å². The van der Waals surface area contributed by atoms with Crippen molar-refractivity contribution in [1.29, 1.82) is 0 Å². The van der Waals surface area contributed by atoms with Crippen LogP contribution in [-0.2, 0) is 0 Å². The van der Waals surface area contributed by atoms with Gasteiger partial charge in [0.15, 0.2) is 5.96 Å². The van der Waals surface area contributed by atoms with Gasteiger partial charge in [-0.15, -0.1) is 0 Å². The highest BCUT2D eigenvalue weighted by Crippen LogP contribution is 2.29. The van der Waals surface area contributed by atoms with E-state index in [1.165, 1.54) is 17.7 Å². The van der Waals surface area contributed by atoms with Gasteiger partial charge >= 0.3 is 0 Å². The van der Waals surface area contributed by atoms with Crippen LogP contribution in [0.1, 0.15) is 25.3 Å². The zero-order chi connectivity index (χ0) is 15.9. The van der Waals surface area contributed by atoms with Gasteiger partial charge in [0.1, 0.15) is 0 Å². The monoisotopic (exact) mass is 322 g/mol. The summed E-state index contributed by atoms with van der Waals surface area (Å²) in [5.41, 5.74) is 2.56. The van der Waals surface area contributed by atoms with E-state index in [4.69, 9.17) is 11.6 Å². The predicted octanol–water partition coefficient (Wildman–Crippen LogP) is 3.05. The number of benzene rings is 1. The number of aliphatic imine (C=N–C) groups is 1. The van der Waals surface area contributed by atoms with Gasteiger partial charge in [0, 0.05) is 43.9 Å². The van der Waals surface area contributed by atoms with Crippen molar-refractivity contribution in [2.45, 2.75) is 26.7 Å². The predicted molar refractivity (Wildman–Crippen MR) is 96.2 cm³/mol. The minimum Gasteiger partial charge on any atom is -0.371 e. The zero-order valence-electron chi connectivity index (χ0n) is 13.8. The molecule has 0 radical (unpaired) electrons. The second-order valence-electron chi connectivity index (χ2n) is 5.91. The summed E-state index contributed by atoms with van der Waals surface area (Å²) in [6.07, 6.45) is 2.30. The fraction of sp³-hybridized carbons (Fsp3) is 0.588. The van der Waals surface area contributed by atoms with Crippen LogP contribution in [-0.4, -0.2) is 39.2 Å². The third-order valence-electron chi connectivity index (χ3n) is 4.12. The van der Waals surface area contributed by atoms with Gasteiger partial charge < -0.3 is 15.5 Å². The van der Waals surface area contributed by atoms with E-state index < -0.39 is 0 Å². The smallest absolute Gasteiger partial charge is 0.190 e. The molecule has 1 aromatic carbocycles. The number of nitrogens with zero attached hydrogens (tertiary/aromatic N) is 2. The number of anilines is 1. The quantitative estimate of drug-likeness (QED) is 0.646. The molecule has 1 aromatic rings. The molecule has 0 saturated carbocycles. The number of guanidine groups is 1. The average molecular weight is 323 g/mol. The molecule has 0 aromatic heterocycles. The molecule has 1 fully saturated rings. The highest BCUT2D eigenvalue weighted by atomic mass is 35.5. The second kappa shape index (κ2) is 8.28. The number of halogens is 1. The van der Waals surface area contributed by atoms with Crippen LogP contribution in [0.2, 0.25) is 5.02 Å². The maximum absolute atomic E-state index is 6.14. The molecule has 1 atom stereocenters. The summed E-state index contributed by atoms with van der Waals surface area (Å²) >= 11 is 6.14. The van der Waals surface area contributed by atoms with Crippen molar-refractivity contribution < 1.29 is 0 Å². The lowest BCUT2D eigenvalue weighted by atomic mass is 10.1. The maximum atomic E-state index is 6.14. The number of nitrogens with one attached hydrogen (secondary N) is 2. The van der Waals surface area contributed by atoms with E-state index in [0.717, 1.165) is 43.6 Å². The Morgan fingerprint density at radius 2 is 2.23 bits per heavy atom. The molecule has 0 aliphatic carbocycles. The highest BCUT2D eigenvalue weighted by molar-refractivity contribution is 6.30. The van der Waals surface area contributed by atoms with Crippen LogP contribution in [0.15, 0.2) is 23.2 Å². The van der Waals surface area contributed by atoms with Gasteiger partial charge in [-0.3, -0.25) is 4.99 Å². The Morgan fingerprint density at radius 3 is 2.95 bits per heavy atom. The van der Waals surface area contributed by atoms with Crippen molar-refractivity contribution in [2.75, 3.05) is 38.1 Å². The van der Waals surface area contributed by atoms with E-state index in [2.05, 4.69) is 46.5 Å². The van der Waals surface area contributed by atoms with Crippen molar-refractivity contribution in [1.82, 2.24) is 10.6 Å². The molecule has 0 bridgehead atoms. The summed E-state index contributed by atoms with van der Waals surface area (Å²) in [6.45, 7) is 8.38. The number of rotatable bonds is 5. The van der Waals surface area contributed by atoms with Crippen LogP contribution in [0.5, 0.6) is 0 Å². The molecule has 5 heteroatoms.